The van der Waals surface area contributed by atoms with Gasteiger partial charge in [-0.2, -0.15) is 10.4 Å². The Morgan fingerprint density at radius 2 is 1.94 bits per heavy atom. The first-order chi connectivity index (χ1) is 23.1. The Labute approximate surface area is 278 Å². The molecule has 13 heteroatoms. The Bertz CT molecular complexity index is 1920. The van der Waals surface area contributed by atoms with Crippen molar-refractivity contribution < 1.29 is 18.7 Å². The fourth-order valence-electron chi connectivity index (χ4n) is 6.44. The molecule has 2 N–H and O–H groups in total. The molecule has 0 unspecified atom stereocenters. The second-order valence-corrected chi connectivity index (χ2v) is 12.6. The summed E-state index contributed by atoms with van der Waals surface area (Å²) in [4.78, 5) is 40.4. The maximum absolute atomic E-state index is 15.6. The minimum Gasteiger partial charge on any atom is -0.457 e. The molecule has 0 bridgehead atoms. The second-order valence-electron chi connectivity index (χ2n) is 12.6. The van der Waals surface area contributed by atoms with Gasteiger partial charge in [0.25, 0.3) is 5.91 Å². The van der Waals surface area contributed by atoms with E-state index in [0.717, 1.165) is 0 Å². The largest absolute Gasteiger partial charge is 0.457 e. The number of nitrogens with zero attached hydrogens (tertiary/aromatic N) is 8. The molecular formula is C35H38FN9O3. The molecule has 0 radical (unpaired) electrons. The number of nitriles is 1. The van der Waals surface area contributed by atoms with Gasteiger partial charge in [-0.3, -0.25) is 14.5 Å². The molecule has 4 heterocycles. The van der Waals surface area contributed by atoms with Crippen LogP contribution in [0, 0.1) is 17.1 Å². The molecule has 2 aromatic carbocycles. The Morgan fingerprint density at radius 3 is 2.65 bits per heavy atom. The molecule has 12 nitrogen and oxygen atoms in total. The average molecular weight is 652 g/mol. The molecule has 4 aromatic rings. The first kappa shape index (κ1) is 32.6. The van der Waals surface area contributed by atoms with Crippen molar-refractivity contribution in [3.05, 3.63) is 72.3 Å². The van der Waals surface area contributed by atoms with Gasteiger partial charge in [0.15, 0.2) is 5.65 Å². The van der Waals surface area contributed by atoms with Crippen LogP contribution in [0.25, 0.3) is 22.3 Å². The Kier molecular flexibility index (Phi) is 9.10. The number of para-hydroxylation sites is 1. The van der Waals surface area contributed by atoms with Crippen LogP contribution in [0.2, 0.25) is 0 Å². The molecule has 2 aliphatic heterocycles. The fraction of sp³-hybridized carbons (Fsp3) is 0.371. The molecule has 0 spiro atoms. The summed E-state index contributed by atoms with van der Waals surface area (Å²) >= 11 is 0. The van der Waals surface area contributed by atoms with Crippen LogP contribution < -0.4 is 10.5 Å². The molecular weight excluding hydrogens is 613 g/mol. The first-order valence-electron chi connectivity index (χ1n) is 16.1. The number of rotatable bonds is 8. The van der Waals surface area contributed by atoms with Crippen molar-refractivity contribution in [2.75, 3.05) is 45.0 Å². The summed E-state index contributed by atoms with van der Waals surface area (Å²) < 4.78 is 23.1. The molecule has 1 atom stereocenters. The van der Waals surface area contributed by atoms with Gasteiger partial charge in [0, 0.05) is 49.9 Å². The predicted octanol–water partition coefficient (Wildman–Crippen LogP) is 4.56. The van der Waals surface area contributed by atoms with Crippen molar-refractivity contribution in [1.29, 1.82) is 5.26 Å². The van der Waals surface area contributed by atoms with E-state index in [1.54, 1.807) is 44.8 Å². The summed E-state index contributed by atoms with van der Waals surface area (Å²) in [7, 11) is 0. The van der Waals surface area contributed by atoms with Gasteiger partial charge in [-0.25, -0.2) is 19.0 Å². The summed E-state index contributed by atoms with van der Waals surface area (Å²) in [5, 5.41) is 15.3. The third-order valence-electron chi connectivity index (χ3n) is 9.09. The molecule has 0 aliphatic carbocycles. The molecule has 248 valence electrons. The van der Waals surface area contributed by atoms with Crippen molar-refractivity contribution in [3.8, 4) is 28.8 Å². The number of hydrogen-bond donors (Lipinski definition) is 1. The number of carbonyl (C=O) groups excluding carboxylic acids is 2. The van der Waals surface area contributed by atoms with Gasteiger partial charge in [-0.1, -0.05) is 18.2 Å². The van der Waals surface area contributed by atoms with Crippen LogP contribution in [0.4, 0.5) is 10.2 Å². The van der Waals surface area contributed by atoms with E-state index in [-0.39, 0.29) is 53.6 Å². The average Bonchev–Trinajstić information content (AvgIpc) is 3.48. The summed E-state index contributed by atoms with van der Waals surface area (Å²) in [5.74, 6) is 0.153. The monoisotopic (exact) mass is 651 g/mol. The lowest BCUT2D eigenvalue weighted by Crippen LogP contribution is -2.56. The summed E-state index contributed by atoms with van der Waals surface area (Å²) in [6.07, 6.45) is 4.33. The highest BCUT2D eigenvalue weighted by Crippen LogP contribution is 2.36. The number of likely N-dealkylation sites (tertiary alicyclic amines) is 1. The lowest BCUT2D eigenvalue weighted by atomic mass is 9.96. The summed E-state index contributed by atoms with van der Waals surface area (Å²) in [5.41, 5.74) is 6.55. The maximum atomic E-state index is 15.6. The van der Waals surface area contributed by atoms with Crippen LogP contribution >= 0.6 is 0 Å². The zero-order valence-corrected chi connectivity index (χ0v) is 27.3. The minimum absolute atomic E-state index is 0.0171. The molecule has 48 heavy (non-hydrogen) atoms. The number of fused-ring (bicyclic) bond motifs is 1. The SMILES string of the molecule is CCN1CCN(C(C)(C)/C=C(\C#N)C(=O)N2CCC[C@@H](n3nc(-c4ccc(Oc5ccccc5)cc4F)c4c(N)ncnc43)C2)CC1=O. The highest BCUT2D eigenvalue weighted by atomic mass is 19.1. The number of piperidine rings is 1. The Morgan fingerprint density at radius 1 is 1.15 bits per heavy atom. The smallest absolute Gasteiger partial charge is 0.264 e. The van der Waals surface area contributed by atoms with E-state index >= 15 is 4.39 Å². The number of nitrogen functional groups attached to an aromatic ring is 1. The van der Waals surface area contributed by atoms with Crippen LogP contribution in [0.1, 0.15) is 39.7 Å². The molecule has 2 aliphatic rings. The van der Waals surface area contributed by atoms with Gasteiger partial charge in [-0.05, 0) is 64.0 Å². The number of anilines is 1. The minimum atomic E-state index is -0.696. The van der Waals surface area contributed by atoms with Crippen LogP contribution in [0.3, 0.4) is 0 Å². The molecule has 0 saturated carbocycles. The van der Waals surface area contributed by atoms with Gasteiger partial charge < -0.3 is 20.3 Å². The molecule has 2 amide bonds. The highest BCUT2D eigenvalue weighted by Gasteiger charge is 2.35. The number of benzene rings is 2. The van der Waals surface area contributed by atoms with Crippen LogP contribution in [0.15, 0.2) is 66.5 Å². The Balaban J connectivity index is 1.26. The molecule has 6 rings (SSSR count). The van der Waals surface area contributed by atoms with Crippen LogP contribution in [0.5, 0.6) is 11.5 Å². The van der Waals surface area contributed by atoms with E-state index in [1.807, 2.05) is 43.9 Å². The fourth-order valence-corrected chi connectivity index (χ4v) is 6.44. The lowest BCUT2D eigenvalue weighted by molar-refractivity contribution is -0.137. The van der Waals surface area contributed by atoms with Gasteiger partial charge in [0.1, 0.15) is 46.8 Å². The van der Waals surface area contributed by atoms with Gasteiger partial charge in [0.05, 0.1) is 18.0 Å². The standard InChI is InChI=1S/C35H38FN9O3/c1-4-42-15-16-44(21-29(42)46)35(2,3)18-23(19-37)34(47)43-14-8-9-24(20-43)45-33-30(32(38)39-22-40-33)31(41-45)27-13-12-26(17-28(27)36)48-25-10-6-5-7-11-25/h5-7,10-13,17-18,22,24H,4,8-9,14-16,20-21H2,1-3H3,(H2,38,39,40)/b23-18+/t24-/m1/s1. The van der Waals surface area contributed by atoms with Crippen LogP contribution in [-0.2, 0) is 9.59 Å². The number of amides is 2. The first-order valence-corrected chi connectivity index (χ1v) is 16.1. The number of aromatic nitrogens is 4. The number of ether oxygens (including phenoxy) is 1. The van der Waals surface area contributed by atoms with Crippen LogP contribution in [-0.4, -0.2) is 91.1 Å². The van der Waals surface area contributed by atoms with Crippen molar-refractivity contribution in [1.82, 2.24) is 34.4 Å². The molecule has 2 saturated heterocycles. The second kappa shape index (κ2) is 13.4. The zero-order valence-electron chi connectivity index (χ0n) is 27.3. The van der Waals surface area contributed by atoms with Gasteiger partial charge >= 0.3 is 0 Å². The highest BCUT2D eigenvalue weighted by molar-refractivity contribution is 5.99. The third kappa shape index (κ3) is 6.44. The maximum Gasteiger partial charge on any atom is 0.264 e. The van der Waals surface area contributed by atoms with E-state index in [0.29, 0.717) is 61.6 Å². The number of nitrogens with two attached hydrogens (primary N) is 1. The predicted molar refractivity (Wildman–Crippen MR) is 178 cm³/mol. The third-order valence-corrected chi connectivity index (χ3v) is 9.09. The number of carbonyl (C=O) groups is 2. The van der Waals surface area contributed by atoms with Gasteiger partial charge in [0.2, 0.25) is 5.91 Å². The number of piperazine rings is 1. The van der Waals surface area contributed by atoms with Gasteiger partial charge in [-0.15, -0.1) is 0 Å². The van der Waals surface area contributed by atoms with Crippen molar-refractivity contribution in [2.24, 2.45) is 0 Å². The normalized spacial score (nSPS) is 17.9. The number of hydrogen-bond acceptors (Lipinski definition) is 9. The Hall–Kier alpha value is -5.35. The van der Waals surface area contributed by atoms with E-state index in [1.165, 1.54) is 12.4 Å². The quantitative estimate of drug-likeness (QED) is 0.214. The summed E-state index contributed by atoms with van der Waals surface area (Å²) in [6, 6.07) is 15.4. The van der Waals surface area contributed by atoms with E-state index in [2.05, 4.69) is 16.0 Å². The van der Waals surface area contributed by atoms with Crippen molar-refractivity contribution >= 4 is 28.7 Å². The lowest BCUT2D eigenvalue weighted by Gasteiger charge is -2.42. The molecule has 2 aromatic heterocycles. The topological polar surface area (TPSA) is 146 Å². The number of likely N-dealkylation sites (N-methyl/N-ethyl adjacent to an activating group) is 1. The van der Waals surface area contributed by atoms with E-state index in [4.69, 9.17) is 15.6 Å². The van der Waals surface area contributed by atoms with E-state index in [9.17, 15) is 14.9 Å². The summed E-state index contributed by atoms with van der Waals surface area (Å²) in [6.45, 7) is 8.60. The van der Waals surface area contributed by atoms with Crippen molar-refractivity contribution in [3.63, 3.8) is 0 Å². The van der Waals surface area contributed by atoms with E-state index < -0.39 is 11.4 Å². The zero-order chi connectivity index (χ0) is 34.0. The molecule has 2 fully saturated rings. The number of halogens is 1. The van der Waals surface area contributed by atoms with Crippen molar-refractivity contribution in [2.45, 2.75) is 45.2 Å².